The number of halogens is 1. The van der Waals surface area contributed by atoms with Gasteiger partial charge in [-0.05, 0) is 34.8 Å². The van der Waals surface area contributed by atoms with Gasteiger partial charge in [-0.25, -0.2) is 0 Å². The van der Waals surface area contributed by atoms with Gasteiger partial charge in [-0.3, -0.25) is 15.1 Å². The lowest BCUT2D eigenvalue weighted by atomic mass is 10.1. The van der Waals surface area contributed by atoms with Crippen molar-refractivity contribution in [1.29, 1.82) is 0 Å². The van der Waals surface area contributed by atoms with E-state index >= 15 is 0 Å². The Morgan fingerprint density at radius 2 is 2.10 bits per heavy atom. The number of rotatable bonds is 5. The molecule has 0 bridgehead atoms. The molecule has 106 valence electrons. The summed E-state index contributed by atoms with van der Waals surface area (Å²) in [6.07, 6.45) is 5.19. The first kappa shape index (κ1) is 15.1. The Labute approximate surface area is 130 Å². The van der Waals surface area contributed by atoms with Crippen molar-refractivity contribution in [2.45, 2.75) is 32.6 Å². The van der Waals surface area contributed by atoms with Crippen LogP contribution in [0.3, 0.4) is 0 Å². The number of pyridine rings is 1. The van der Waals surface area contributed by atoms with Crippen LogP contribution in [-0.4, -0.2) is 21.1 Å². The molecule has 0 spiro atoms. The number of hydrogen-bond donors (Lipinski definition) is 1. The molecule has 0 saturated heterocycles. The lowest BCUT2D eigenvalue weighted by Crippen LogP contribution is -2.11. The van der Waals surface area contributed by atoms with Crippen molar-refractivity contribution in [2.24, 2.45) is 0 Å². The summed E-state index contributed by atoms with van der Waals surface area (Å²) in [5, 5.41) is 12.4. The predicted octanol–water partition coefficient (Wildman–Crippen LogP) is 3.85. The van der Waals surface area contributed by atoms with E-state index in [0.717, 1.165) is 22.3 Å². The van der Waals surface area contributed by atoms with Crippen LogP contribution in [0.25, 0.3) is 0 Å². The number of amides is 1. The molecular formula is C13H15BrN4OS. The molecule has 7 heteroatoms. The van der Waals surface area contributed by atoms with Crippen LogP contribution in [0.5, 0.6) is 0 Å². The smallest absolute Gasteiger partial charge is 0.259 e. The minimum atomic E-state index is -0.231. The number of nitrogens with zero attached hydrogens (tertiary/aromatic N) is 3. The van der Waals surface area contributed by atoms with Crippen LogP contribution >= 0.6 is 27.3 Å². The Kier molecular flexibility index (Phi) is 5.19. The molecule has 20 heavy (non-hydrogen) atoms. The van der Waals surface area contributed by atoms with Gasteiger partial charge in [-0.1, -0.05) is 25.2 Å². The maximum absolute atomic E-state index is 12.1. The molecule has 0 saturated carbocycles. The second-order valence-electron chi connectivity index (χ2n) is 4.30. The molecule has 2 aromatic rings. The van der Waals surface area contributed by atoms with Crippen molar-refractivity contribution in [3.63, 3.8) is 0 Å². The van der Waals surface area contributed by atoms with Crippen molar-refractivity contribution in [1.82, 2.24) is 15.2 Å². The zero-order valence-corrected chi connectivity index (χ0v) is 13.7. The molecule has 0 fully saturated rings. The number of hydrogen-bond acceptors (Lipinski definition) is 5. The molecule has 1 amide bonds. The molecule has 0 radical (unpaired) electrons. The van der Waals surface area contributed by atoms with Crippen LogP contribution in [0.2, 0.25) is 0 Å². The first-order valence-electron chi connectivity index (χ1n) is 6.39. The summed E-state index contributed by atoms with van der Waals surface area (Å²) in [5.41, 5.74) is 0.485. The van der Waals surface area contributed by atoms with Crippen molar-refractivity contribution >= 4 is 38.3 Å². The lowest BCUT2D eigenvalue weighted by Gasteiger charge is -2.05. The Bertz CT molecular complexity index is 598. The van der Waals surface area contributed by atoms with Gasteiger partial charge in [0.2, 0.25) is 5.13 Å². The Hall–Kier alpha value is -1.34. The van der Waals surface area contributed by atoms with Crippen molar-refractivity contribution in [3.8, 4) is 0 Å². The number of anilines is 1. The molecule has 0 aliphatic heterocycles. The molecule has 2 rings (SSSR count). The predicted molar refractivity (Wildman–Crippen MR) is 83.1 cm³/mol. The van der Waals surface area contributed by atoms with Crippen molar-refractivity contribution in [3.05, 3.63) is 33.5 Å². The van der Waals surface area contributed by atoms with Crippen LogP contribution < -0.4 is 5.32 Å². The molecule has 0 unspecified atom stereocenters. The van der Waals surface area contributed by atoms with E-state index in [9.17, 15) is 4.79 Å². The number of carbonyl (C=O) groups excluding carboxylic acids is 1. The van der Waals surface area contributed by atoms with E-state index in [4.69, 9.17) is 0 Å². The quantitative estimate of drug-likeness (QED) is 0.885. The van der Waals surface area contributed by atoms with Crippen LogP contribution in [-0.2, 0) is 0 Å². The van der Waals surface area contributed by atoms with E-state index in [1.807, 2.05) is 0 Å². The van der Waals surface area contributed by atoms with Gasteiger partial charge in [0.15, 0.2) is 0 Å². The summed E-state index contributed by atoms with van der Waals surface area (Å²) in [6, 6.07) is 1.71. The number of aromatic nitrogens is 3. The SMILES string of the molecule is CCC(CC)c1nnc(NC(=O)c2cncc(Br)c2)s1. The van der Waals surface area contributed by atoms with E-state index in [1.54, 1.807) is 12.3 Å². The summed E-state index contributed by atoms with van der Waals surface area (Å²) in [7, 11) is 0. The Morgan fingerprint density at radius 3 is 2.75 bits per heavy atom. The highest BCUT2D eigenvalue weighted by Crippen LogP contribution is 2.28. The first-order valence-corrected chi connectivity index (χ1v) is 8.00. The van der Waals surface area contributed by atoms with Gasteiger partial charge in [0.1, 0.15) is 5.01 Å². The Balaban J connectivity index is 2.09. The van der Waals surface area contributed by atoms with Gasteiger partial charge in [0.25, 0.3) is 5.91 Å². The fourth-order valence-corrected chi connectivity index (χ4v) is 3.16. The average molecular weight is 355 g/mol. The molecule has 2 aromatic heterocycles. The molecule has 1 N–H and O–H groups in total. The topological polar surface area (TPSA) is 67.8 Å². The number of nitrogens with one attached hydrogen (secondary N) is 1. The minimum absolute atomic E-state index is 0.231. The largest absolute Gasteiger partial charge is 0.296 e. The Morgan fingerprint density at radius 1 is 1.35 bits per heavy atom. The second kappa shape index (κ2) is 6.90. The van der Waals surface area contributed by atoms with Crippen molar-refractivity contribution in [2.75, 3.05) is 5.32 Å². The summed E-state index contributed by atoms with van der Waals surface area (Å²) >= 11 is 4.72. The number of carbonyl (C=O) groups is 1. The molecule has 0 atom stereocenters. The van der Waals surface area contributed by atoms with E-state index in [2.05, 4.69) is 50.3 Å². The van der Waals surface area contributed by atoms with E-state index in [0.29, 0.717) is 16.6 Å². The first-order chi connectivity index (χ1) is 9.63. The fourth-order valence-electron chi connectivity index (χ4n) is 1.79. The maximum Gasteiger partial charge on any atom is 0.259 e. The summed E-state index contributed by atoms with van der Waals surface area (Å²) in [4.78, 5) is 16.0. The summed E-state index contributed by atoms with van der Waals surface area (Å²) in [6.45, 7) is 4.25. The van der Waals surface area contributed by atoms with Crippen LogP contribution in [0.4, 0.5) is 5.13 Å². The minimum Gasteiger partial charge on any atom is -0.296 e. The molecule has 5 nitrogen and oxygen atoms in total. The van der Waals surface area contributed by atoms with Gasteiger partial charge in [-0.2, -0.15) is 0 Å². The van der Waals surface area contributed by atoms with Gasteiger partial charge in [-0.15, -0.1) is 10.2 Å². The zero-order valence-electron chi connectivity index (χ0n) is 11.3. The summed E-state index contributed by atoms with van der Waals surface area (Å²) < 4.78 is 0.764. The molecule has 2 heterocycles. The molecule has 0 aliphatic rings. The summed E-state index contributed by atoms with van der Waals surface area (Å²) in [5.74, 6) is 0.178. The second-order valence-corrected chi connectivity index (χ2v) is 6.23. The van der Waals surface area contributed by atoms with Gasteiger partial charge in [0, 0.05) is 22.8 Å². The highest BCUT2D eigenvalue weighted by Gasteiger charge is 2.15. The monoisotopic (exact) mass is 354 g/mol. The average Bonchev–Trinajstić information content (AvgIpc) is 2.88. The van der Waals surface area contributed by atoms with Crippen LogP contribution in [0, 0.1) is 0 Å². The van der Waals surface area contributed by atoms with Gasteiger partial charge < -0.3 is 0 Å². The van der Waals surface area contributed by atoms with Gasteiger partial charge >= 0.3 is 0 Å². The fraction of sp³-hybridized carbons (Fsp3) is 0.385. The van der Waals surface area contributed by atoms with E-state index in [-0.39, 0.29) is 5.91 Å². The third-order valence-corrected chi connectivity index (χ3v) is 4.40. The molecule has 0 aromatic carbocycles. The molecule has 0 aliphatic carbocycles. The van der Waals surface area contributed by atoms with Crippen molar-refractivity contribution < 1.29 is 4.79 Å². The molecular weight excluding hydrogens is 340 g/mol. The highest BCUT2D eigenvalue weighted by atomic mass is 79.9. The normalized spacial score (nSPS) is 10.8. The third kappa shape index (κ3) is 3.61. The maximum atomic E-state index is 12.1. The van der Waals surface area contributed by atoms with E-state index in [1.165, 1.54) is 17.5 Å². The van der Waals surface area contributed by atoms with Crippen LogP contribution in [0.1, 0.15) is 48.0 Å². The zero-order chi connectivity index (χ0) is 14.5. The third-order valence-electron chi connectivity index (χ3n) is 2.96. The van der Waals surface area contributed by atoms with Crippen LogP contribution in [0.15, 0.2) is 22.9 Å². The lowest BCUT2D eigenvalue weighted by molar-refractivity contribution is 0.102. The highest BCUT2D eigenvalue weighted by molar-refractivity contribution is 9.10. The van der Waals surface area contributed by atoms with E-state index < -0.39 is 0 Å². The van der Waals surface area contributed by atoms with Gasteiger partial charge in [0.05, 0.1) is 5.56 Å². The standard InChI is InChI=1S/C13H15BrN4OS/c1-3-8(4-2)12-17-18-13(20-12)16-11(19)9-5-10(14)7-15-6-9/h5-8H,3-4H2,1-2H3,(H,16,18,19).